The highest BCUT2D eigenvalue weighted by Crippen LogP contribution is 2.23. The van der Waals surface area contributed by atoms with E-state index in [0.29, 0.717) is 0 Å². The topological polar surface area (TPSA) is 29.5 Å². The lowest BCUT2D eigenvalue weighted by atomic mass is 9.87. The number of aliphatic hydroxyl groups excluding tert-OH is 1. The number of hydrogen-bond acceptors (Lipinski definition) is 2. The summed E-state index contributed by atoms with van der Waals surface area (Å²) in [5.74, 6) is -4.38. The largest absolute Gasteiger partial charge is 0.433 e. The zero-order valence-corrected chi connectivity index (χ0v) is 15.3. The summed E-state index contributed by atoms with van der Waals surface area (Å²) in [6.07, 6.45) is 0. The first-order valence-electron chi connectivity index (χ1n) is 8.85. The normalized spacial score (nSPS) is 12.0. The molecule has 0 fully saturated rings. The van der Waals surface area contributed by atoms with E-state index in [-0.39, 0.29) is 24.6 Å². The SMILES string of the molecule is Cc1ccc(-c2ccc(C(CO)CO[B]c3cc(F)c(F)c(F)c3)cc2)cc1. The predicted octanol–water partition coefficient (Wildman–Crippen LogP) is 4.12. The Bertz CT molecular complexity index is 905. The lowest BCUT2D eigenvalue weighted by molar-refractivity contribution is 0.211. The van der Waals surface area contributed by atoms with Crippen LogP contribution in [0.2, 0.25) is 0 Å². The van der Waals surface area contributed by atoms with E-state index in [0.717, 1.165) is 36.3 Å². The molecule has 28 heavy (non-hydrogen) atoms. The summed E-state index contributed by atoms with van der Waals surface area (Å²) in [7, 11) is 1.15. The Morgan fingerprint density at radius 1 is 0.893 bits per heavy atom. The Morgan fingerprint density at radius 3 is 1.96 bits per heavy atom. The maximum absolute atomic E-state index is 13.2. The zero-order valence-electron chi connectivity index (χ0n) is 15.3. The van der Waals surface area contributed by atoms with E-state index in [1.165, 1.54) is 5.56 Å². The molecule has 1 unspecified atom stereocenters. The molecule has 0 heterocycles. The average Bonchev–Trinajstić information content (AvgIpc) is 2.70. The van der Waals surface area contributed by atoms with Crippen molar-refractivity contribution in [3.05, 3.63) is 89.2 Å². The molecule has 3 aromatic carbocycles. The number of rotatable bonds is 7. The van der Waals surface area contributed by atoms with Gasteiger partial charge in [0.05, 0.1) is 6.61 Å². The fourth-order valence-electron chi connectivity index (χ4n) is 2.85. The maximum Gasteiger partial charge on any atom is 0.330 e. The summed E-state index contributed by atoms with van der Waals surface area (Å²) in [5.41, 5.74) is 4.30. The van der Waals surface area contributed by atoms with E-state index in [9.17, 15) is 18.3 Å². The fraction of sp³-hybridized carbons (Fsp3) is 0.182. The molecule has 0 amide bonds. The average molecular weight is 383 g/mol. The van der Waals surface area contributed by atoms with Crippen LogP contribution in [0.15, 0.2) is 60.7 Å². The molecular formula is C22H19BF3O2. The van der Waals surface area contributed by atoms with Gasteiger partial charge in [0, 0.05) is 12.5 Å². The molecule has 0 aliphatic heterocycles. The number of aliphatic hydroxyl groups is 1. The summed E-state index contributed by atoms with van der Waals surface area (Å²) < 4.78 is 44.8. The van der Waals surface area contributed by atoms with Crippen molar-refractivity contribution in [3.8, 4) is 11.1 Å². The molecule has 3 rings (SSSR count). The van der Waals surface area contributed by atoms with Gasteiger partial charge < -0.3 is 9.76 Å². The highest BCUT2D eigenvalue weighted by atomic mass is 19.2. The lowest BCUT2D eigenvalue weighted by Gasteiger charge is -2.16. The van der Waals surface area contributed by atoms with Gasteiger partial charge in [-0.2, -0.15) is 0 Å². The van der Waals surface area contributed by atoms with Gasteiger partial charge in [0.15, 0.2) is 17.5 Å². The Hall–Kier alpha value is -2.57. The van der Waals surface area contributed by atoms with Crippen LogP contribution in [0.25, 0.3) is 11.1 Å². The van der Waals surface area contributed by atoms with Gasteiger partial charge >= 0.3 is 7.48 Å². The van der Waals surface area contributed by atoms with Crippen LogP contribution < -0.4 is 5.46 Å². The van der Waals surface area contributed by atoms with Crippen molar-refractivity contribution >= 4 is 12.9 Å². The van der Waals surface area contributed by atoms with Crippen LogP contribution in [0.1, 0.15) is 17.0 Å². The van der Waals surface area contributed by atoms with Crippen LogP contribution in [0.5, 0.6) is 0 Å². The van der Waals surface area contributed by atoms with Crippen molar-refractivity contribution in [2.45, 2.75) is 12.8 Å². The van der Waals surface area contributed by atoms with E-state index in [2.05, 4.69) is 0 Å². The number of benzene rings is 3. The predicted molar refractivity (Wildman–Crippen MR) is 104 cm³/mol. The highest BCUT2D eigenvalue weighted by Gasteiger charge is 2.14. The third-order valence-corrected chi connectivity index (χ3v) is 4.51. The van der Waals surface area contributed by atoms with Crippen LogP contribution in [-0.4, -0.2) is 25.8 Å². The Morgan fingerprint density at radius 2 is 1.43 bits per heavy atom. The van der Waals surface area contributed by atoms with E-state index < -0.39 is 17.5 Å². The number of halogens is 3. The molecule has 0 aliphatic rings. The van der Waals surface area contributed by atoms with Crippen molar-refractivity contribution in [1.29, 1.82) is 0 Å². The molecule has 1 radical (unpaired) electrons. The smallest absolute Gasteiger partial charge is 0.330 e. The molecule has 2 nitrogen and oxygen atoms in total. The van der Waals surface area contributed by atoms with Gasteiger partial charge in [0.2, 0.25) is 0 Å². The summed E-state index contributed by atoms with van der Waals surface area (Å²) >= 11 is 0. The molecule has 1 atom stereocenters. The van der Waals surface area contributed by atoms with Gasteiger partial charge in [-0.25, -0.2) is 13.2 Å². The lowest BCUT2D eigenvalue weighted by Crippen LogP contribution is -2.23. The maximum atomic E-state index is 13.2. The first kappa shape index (κ1) is 20.2. The molecule has 0 bridgehead atoms. The van der Waals surface area contributed by atoms with Crippen LogP contribution in [0.3, 0.4) is 0 Å². The van der Waals surface area contributed by atoms with Gasteiger partial charge in [-0.1, -0.05) is 54.1 Å². The van der Waals surface area contributed by atoms with E-state index in [1.807, 2.05) is 55.5 Å². The summed E-state index contributed by atoms with van der Waals surface area (Å²) in [6, 6.07) is 17.7. The van der Waals surface area contributed by atoms with E-state index >= 15 is 0 Å². The van der Waals surface area contributed by atoms with Crippen LogP contribution in [-0.2, 0) is 4.65 Å². The van der Waals surface area contributed by atoms with Crippen molar-refractivity contribution in [3.63, 3.8) is 0 Å². The Kier molecular flexibility index (Phi) is 6.55. The molecule has 143 valence electrons. The number of aryl methyl sites for hydroxylation is 1. The second-order valence-corrected chi connectivity index (χ2v) is 6.62. The molecule has 1 N–H and O–H groups in total. The quantitative estimate of drug-likeness (QED) is 0.492. The molecule has 0 aromatic heterocycles. The number of hydrogen-bond donors (Lipinski definition) is 1. The van der Waals surface area contributed by atoms with E-state index in [4.69, 9.17) is 4.65 Å². The molecule has 0 spiro atoms. The molecule has 3 aromatic rings. The second kappa shape index (κ2) is 9.08. The third-order valence-electron chi connectivity index (χ3n) is 4.51. The van der Waals surface area contributed by atoms with Gasteiger partial charge in [-0.15, -0.1) is 0 Å². The van der Waals surface area contributed by atoms with Crippen molar-refractivity contribution in [1.82, 2.24) is 0 Å². The Balaban J connectivity index is 1.62. The van der Waals surface area contributed by atoms with Crippen LogP contribution >= 0.6 is 0 Å². The van der Waals surface area contributed by atoms with Crippen molar-refractivity contribution in [2.24, 2.45) is 0 Å². The van der Waals surface area contributed by atoms with Crippen LogP contribution in [0.4, 0.5) is 13.2 Å². The van der Waals surface area contributed by atoms with Gasteiger partial charge in [-0.05, 0) is 41.2 Å². The second-order valence-electron chi connectivity index (χ2n) is 6.62. The molecule has 0 aliphatic carbocycles. The van der Waals surface area contributed by atoms with Gasteiger partial charge in [0.25, 0.3) is 0 Å². The van der Waals surface area contributed by atoms with E-state index in [1.54, 1.807) is 0 Å². The first-order valence-corrected chi connectivity index (χ1v) is 8.85. The Labute approximate surface area is 162 Å². The van der Waals surface area contributed by atoms with Gasteiger partial charge in [-0.3, -0.25) is 0 Å². The van der Waals surface area contributed by atoms with Crippen molar-refractivity contribution in [2.75, 3.05) is 13.2 Å². The van der Waals surface area contributed by atoms with Crippen molar-refractivity contribution < 1.29 is 22.9 Å². The molecule has 0 saturated carbocycles. The molecular weight excluding hydrogens is 364 g/mol. The fourth-order valence-corrected chi connectivity index (χ4v) is 2.85. The minimum Gasteiger partial charge on any atom is -0.433 e. The van der Waals surface area contributed by atoms with Gasteiger partial charge in [0.1, 0.15) is 0 Å². The van der Waals surface area contributed by atoms with Crippen LogP contribution in [0, 0.1) is 24.4 Å². The highest BCUT2D eigenvalue weighted by molar-refractivity contribution is 6.46. The molecule has 6 heteroatoms. The summed E-state index contributed by atoms with van der Waals surface area (Å²) in [6.45, 7) is 2.00. The molecule has 0 saturated heterocycles. The summed E-state index contributed by atoms with van der Waals surface area (Å²) in [5, 5.41) is 9.65. The standard InChI is InChI=1S/C22H19BF3O2/c1-14-2-4-15(5-3-14)16-6-8-17(9-7-16)18(12-27)13-28-23-19-10-20(24)22(26)21(25)11-19/h2-11,18,27H,12-13H2,1H3. The first-order chi connectivity index (χ1) is 13.5. The minimum absolute atomic E-state index is 0.0720. The summed E-state index contributed by atoms with van der Waals surface area (Å²) in [4.78, 5) is 0. The minimum atomic E-state index is -1.51. The monoisotopic (exact) mass is 383 g/mol. The third kappa shape index (κ3) is 4.83. The zero-order chi connectivity index (χ0) is 20.1.